The number of rotatable bonds is 5. The molecule has 0 saturated carbocycles. The van der Waals surface area contributed by atoms with Crippen molar-refractivity contribution in [3.05, 3.63) is 18.6 Å². The zero-order chi connectivity index (χ0) is 20.2. The Morgan fingerprint density at radius 3 is 2.83 bits per heavy atom. The highest BCUT2D eigenvalue weighted by Crippen LogP contribution is 2.26. The van der Waals surface area contributed by atoms with Crippen molar-refractivity contribution in [1.82, 2.24) is 25.2 Å². The predicted molar refractivity (Wildman–Crippen MR) is 113 cm³/mol. The minimum Gasteiger partial charge on any atom is -0.381 e. The molecular weight excluding hydrogens is 368 g/mol. The minimum absolute atomic E-state index is 0.0183. The molecule has 2 saturated heterocycles. The molecule has 29 heavy (non-hydrogen) atoms. The molecule has 158 valence electrons. The molecule has 2 atom stereocenters. The quantitative estimate of drug-likeness (QED) is 0.712. The van der Waals surface area contributed by atoms with E-state index >= 15 is 0 Å². The largest absolute Gasteiger partial charge is 0.381 e. The minimum atomic E-state index is 0.0183. The number of nitrogens with one attached hydrogen (secondary N) is 3. The summed E-state index contributed by atoms with van der Waals surface area (Å²) in [6.45, 7) is 7.37. The van der Waals surface area contributed by atoms with E-state index in [4.69, 9.17) is 4.74 Å². The lowest BCUT2D eigenvalue weighted by Crippen LogP contribution is -2.47. The molecule has 2 aliphatic heterocycles. The molecule has 2 aliphatic rings. The molecule has 8 nitrogen and oxygen atoms in total. The second kappa shape index (κ2) is 9.09. The van der Waals surface area contributed by atoms with Crippen molar-refractivity contribution in [2.24, 2.45) is 5.92 Å². The van der Waals surface area contributed by atoms with Gasteiger partial charge >= 0.3 is 0 Å². The monoisotopic (exact) mass is 400 g/mol. The molecule has 2 aromatic rings. The first-order valence-corrected chi connectivity index (χ1v) is 10.8. The molecule has 0 spiro atoms. The fraction of sp³-hybridized carbons (Fsp3) is 0.667. The molecule has 0 unspecified atom stereocenters. The highest BCUT2D eigenvalue weighted by atomic mass is 16.5. The molecule has 0 radical (unpaired) electrons. The molecule has 8 heteroatoms. The van der Waals surface area contributed by atoms with Gasteiger partial charge < -0.3 is 20.4 Å². The molecule has 0 aromatic carbocycles. The topological polar surface area (TPSA) is 95.2 Å². The van der Waals surface area contributed by atoms with Crippen molar-refractivity contribution in [2.75, 3.05) is 31.6 Å². The van der Waals surface area contributed by atoms with Crippen molar-refractivity contribution in [3.8, 4) is 0 Å². The second-order valence-electron chi connectivity index (χ2n) is 8.54. The van der Waals surface area contributed by atoms with Crippen molar-refractivity contribution in [2.45, 2.75) is 57.7 Å². The van der Waals surface area contributed by atoms with E-state index in [1.54, 1.807) is 6.33 Å². The van der Waals surface area contributed by atoms with Crippen LogP contribution in [0.5, 0.6) is 0 Å². The van der Waals surface area contributed by atoms with Crippen LogP contribution >= 0.6 is 0 Å². The summed E-state index contributed by atoms with van der Waals surface area (Å²) in [5.41, 5.74) is 0.839. The molecule has 4 rings (SSSR count). The van der Waals surface area contributed by atoms with E-state index in [9.17, 15) is 4.79 Å². The van der Waals surface area contributed by atoms with Gasteiger partial charge in [-0.3, -0.25) is 9.69 Å². The first-order valence-electron chi connectivity index (χ1n) is 10.8. The molecule has 3 N–H and O–H groups in total. The first kappa shape index (κ1) is 20.1. The Kier molecular flexibility index (Phi) is 6.30. The smallest absolute Gasteiger partial charge is 0.224 e. The Morgan fingerprint density at radius 1 is 1.21 bits per heavy atom. The van der Waals surface area contributed by atoms with Crippen LogP contribution in [-0.4, -0.2) is 70.2 Å². The summed E-state index contributed by atoms with van der Waals surface area (Å²) < 4.78 is 5.57. The van der Waals surface area contributed by atoms with Crippen LogP contribution in [-0.2, 0) is 9.53 Å². The summed E-state index contributed by atoms with van der Waals surface area (Å²) >= 11 is 0. The number of hydrogen-bond donors (Lipinski definition) is 3. The third-order valence-corrected chi connectivity index (χ3v) is 5.98. The van der Waals surface area contributed by atoms with Crippen LogP contribution < -0.4 is 10.6 Å². The number of nitrogens with zero attached hydrogens (tertiary/aromatic N) is 3. The van der Waals surface area contributed by atoms with Crippen LogP contribution in [0.2, 0.25) is 0 Å². The maximum atomic E-state index is 12.8. The van der Waals surface area contributed by atoms with E-state index in [-0.39, 0.29) is 23.9 Å². The predicted octanol–water partition coefficient (Wildman–Crippen LogP) is 2.15. The summed E-state index contributed by atoms with van der Waals surface area (Å²) in [6, 6.07) is 2.88. The Balaban J connectivity index is 1.51. The fourth-order valence-electron chi connectivity index (χ4n) is 4.49. The van der Waals surface area contributed by atoms with E-state index in [1.807, 2.05) is 26.1 Å². The maximum Gasteiger partial charge on any atom is 0.224 e. The normalized spacial score (nSPS) is 24.5. The summed E-state index contributed by atoms with van der Waals surface area (Å²) in [4.78, 5) is 27.2. The Morgan fingerprint density at radius 2 is 2.03 bits per heavy atom. The number of fused-ring (bicyclic) bond motifs is 1. The number of H-pyrrole nitrogens is 1. The Hall–Kier alpha value is -2.19. The highest BCUT2D eigenvalue weighted by Gasteiger charge is 2.33. The van der Waals surface area contributed by atoms with E-state index in [0.717, 1.165) is 68.8 Å². The van der Waals surface area contributed by atoms with Gasteiger partial charge in [-0.2, -0.15) is 0 Å². The van der Waals surface area contributed by atoms with Crippen LogP contribution in [0.15, 0.2) is 18.6 Å². The van der Waals surface area contributed by atoms with Gasteiger partial charge in [-0.1, -0.05) is 0 Å². The van der Waals surface area contributed by atoms with Crippen molar-refractivity contribution >= 4 is 22.8 Å². The summed E-state index contributed by atoms with van der Waals surface area (Å²) in [6.07, 6.45) is 7.34. The Labute approximate surface area is 171 Å². The van der Waals surface area contributed by atoms with Gasteiger partial charge in [-0.25, -0.2) is 9.97 Å². The molecule has 0 aliphatic carbocycles. The number of carbonyl (C=O) groups excluding carboxylic acids is 1. The van der Waals surface area contributed by atoms with Crippen LogP contribution in [0, 0.1) is 5.92 Å². The van der Waals surface area contributed by atoms with E-state index in [2.05, 4.69) is 30.5 Å². The van der Waals surface area contributed by atoms with Gasteiger partial charge in [0.2, 0.25) is 5.91 Å². The van der Waals surface area contributed by atoms with E-state index in [1.165, 1.54) is 0 Å². The Bertz CT molecular complexity index is 816. The van der Waals surface area contributed by atoms with Gasteiger partial charge in [-0.15, -0.1) is 0 Å². The summed E-state index contributed by atoms with van der Waals surface area (Å²) in [7, 11) is 0. The average molecular weight is 401 g/mol. The van der Waals surface area contributed by atoms with Crippen LogP contribution in [0.3, 0.4) is 0 Å². The number of aromatic nitrogens is 3. The third kappa shape index (κ3) is 4.87. The van der Waals surface area contributed by atoms with Gasteiger partial charge in [0.1, 0.15) is 17.8 Å². The zero-order valence-electron chi connectivity index (χ0n) is 17.4. The molecular formula is C21H32N6O2. The molecule has 4 heterocycles. The fourth-order valence-corrected chi connectivity index (χ4v) is 4.49. The summed E-state index contributed by atoms with van der Waals surface area (Å²) in [5, 5.41) is 7.76. The van der Waals surface area contributed by atoms with Crippen molar-refractivity contribution in [1.29, 1.82) is 0 Å². The number of aromatic amines is 1. The number of likely N-dealkylation sites (tertiary alicyclic amines) is 1. The van der Waals surface area contributed by atoms with E-state index in [0.29, 0.717) is 6.04 Å². The van der Waals surface area contributed by atoms with Crippen molar-refractivity contribution in [3.63, 3.8) is 0 Å². The van der Waals surface area contributed by atoms with Gasteiger partial charge in [0, 0.05) is 50.6 Å². The van der Waals surface area contributed by atoms with Crippen LogP contribution in [0.1, 0.15) is 39.5 Å². The standard InChI is InChI=1S/C21H32N6O2/c1-14(2)25-21(28)15-3-4-16(12-27(11-15)17-6-9-29-10-7-17)26-20-18-5-8-22-19(18)23-13-24-20/h5,8,13-17H,3-4,6-7,9-12H2,1-2H3,(H,25,28)(H2,22,23,24,26)/t15-,16+/m1/s1. The number of ether oxygens (including phenoxy) is 1. The summed E-state index contributed by atoms with van der Waals surface area (Å²) in [5.74, 6) is 1.05. The molecule has 2 fully saturated rings. The van der Waals surface area contributed by atoms with Crippen LogP contribution in [0.25, 0.3) is 11.0 Å². The molecule has 1 amide bonds. The van der Waals surface area contributed by atoms with Gasteiger partial charge in [0.05, 0.1) is 11.3 Å². The number of hydrogen-bond acceptors (Lipinski definition) is 6. The molecule has 0 bridgehead atoms. The van der Waals surface area contributed by atoms with Gasteiger partial charge in [-0.05, 0) is 45.6 Å². The number of anilines is 1. The zero-order valence-corrected chi connectivity index (χ0v) is 17.4. The van der Waals surface area contributed by atoms with E-state index < -0.39 is 0 Å². The number of amides is 1. The lowest BCUT2D eigenvalue weighted by Gasteiger charge is -2.36. The maximum absolute atomic E-state index is 12.8. The van der Waals surface area contributed by atoms with Crippen LogP contribution in [0.4, 0.5) is 5.82 Å². The lowest BCUT2D eigenvalue weighted by molar-refractivity contribution is -0.126. The first-order chi connectivity index (χ1) is 14.1. The third-order valence-electron chi connectivity index (χ3n) is 5.98. The highest BCUT2D eigenvalue weighted by molar-refractivity contribution is 5.86. The van der Waals surface area contributed by atoms with Gasteiger partial charge in [0.25, 0.3) is 0 Å². The average Bonchev–Trinajstić information content (AvgIpc) is 3.10. The van der Waals surface area contributed by atoms with Crippen molar-refractivity contribution < 1.29 is 9.53 Å². The molecule has 2 aromatic heterocycles. The van der Waals surface area contributed by atoms with Gasteiger partial charge in [0.15, 0.2) is 0 Å². The SMILES string of the molecule is CC(C)NC(=O)[C@@H]1CC[C@H](Nc2ncnc3[nH]ccc23)CN(C2CCOCC2)C1. The lowest BCUT2D eigenvalue weighted by atomic mass is 10.00. The second-order valence-corrected chi connectivity index (χ2v) is 8.54. The number of carbonyl (C=O) groups is 1.